The number of amides is 2. The summed E-state index contributed by atoms with van der Waals surface area (Å²) in [7, 11) is 0. The van der Waals surface area contributed by atoms with Crippen LogP contribution in [0.1, 0.15) is 35.3 Å². The Morgan fingerprint density at radius 1 is 1.11 bits per heavy atom. The SMILES string of the molecule is CCOc1ccc(C(=O)O)cc1/C=N\NC(=O)C(=O)Nc1ccccc1CC. The molecule has 3 N–H and O–H groups in total. The first kappa shape index (κ1) is 20.6. The molecule has 0 atom stereocenters. The molecule has 8 heteroatoms. The molecule has 0 bridgehead atoms. The molecule has 0 saturated heterocycles. The highest BCUT2D eigenvalue weighted by molar-refractivity contribution is 6.39. The number of hydrogen-bond acceptors (Lipinski definition) is 5. The minimum Gasteiger partial charge on any atom is -0.493 e. The molecular weight excluding hydrogens is 362 g/mol. The lowest BCUT2D eigenvalue weighted by molar-refractivity contribution is -0.136. The number of carboxylic acids is 1. The van der Waals surface area contributed by atoms with Gasteiger partial charge in [-0.3, -0.25) is 9.59 Å². The van der Waals surface area contributed by atoms with Crippen LogP contribution in [-0.4, -0.2) is 35.7 Å². The minimum absolute atomic E-state index is 0.0464. The number of ether oxygens (including phenoxy) is 1. The van der Waals surface area contributed by atoms with Crippen molar-refractivity contribution in [1.82, 2.24) is 5.43 Å². The molecule has 0 heterocycles. The lowest BCUT2D eigenvalue weighted by Crippen LogP contribution is -2.32. The standard InChI is InChI=1S/C20H21N3O5/c1-3-13-7-5-6-8-16(13)22-18(24)19(25)23-21-12-15-11-14(20(26)27)9-10-17(15)28-4-2/h5-12H,3-4H2,1-2H3,(H,22,24)(H,23,25)(H,26,27)/b21-12-. The molecule has 2 amide bonds. The van der Waals surface area contributed by atoms with Crippen LogP contribution in [0, 0.1) is 0 Å². The van der Waals surface area contributed by atoms with Gasteiger partial charge >= 0.3 is 17.8 Å². The fourth-order valence-corrected chi connectivity index (χ4v) is 2.41. The molecular formula is C20H21N3O5. The number of benzene rings is 2. The third kappa shape index (κ3) is 5.41. The van der Waals surface area contributed by atoms with Crippen molar-refractivity contribution in [1.29, 1.82) is 0 Å². The smallest absolute Gasteiger partial charge is 0.335 e. The normalized spacial score (nSPS) is 10.5. The Morgan fingerprint density at radius 3 is 2.54 bits per heavy atom. The molecule has 2 aromatic carbocycles. The molecule has 2 rings (SSSR count). The fourth-order valence-electron chi connectivity index (χ4n) is 2.41. The van der Waals surface area contributed by atoms with Gasteiger partial charge in [-0.25, -0.2) is 10.2 Å². The number of hydrazone groups is 1. The predicted molar refractivity (Wildman–Crippen MR) is 105 cm³/mol. The lowest BCUT2D eigenvalue weighted by atomic mass is 10.1. The van der Waals surface area contributed by atoms with Crippen molar-refractivity contribution in [2.75, 3.05) is 11.9 Å². The van der Waals surface area contributed by atoms with Crippen molar-refractivity contribution < 1.29 is 24.2 Å². The summed E-state index contributed by atoms with van der Waals surface area (Å²) < 4.78 is 5.41. The van der Waals surface area contributed by atoms with Gasteiger partial charge in [-0.2, -0.15) is 5.10 Å². The van der Waals surface area contributed by atoms with Crippen molar-refractivity contribution in [3.8, 4) is 5.75 Å². The lowest BCUT2D eigenvalue weighted by Gasteiger charge is -2.09. The quantitative estimate of drug-likeness (QED) is 0.386. The fraction of sp³-hybridized carbons (Fsp3) is 0.200. The monoisotopic (exact) mass is 383 g/mol. The number of carbonyl (C=O) groups is 3. The van der Waals surface area contributed by atoms with Crippen LogP contribution < -0.4 is 15.5 Å². The number of nitrogens with zero attached hydrogens (tertiary/aromatic N) is 1. The van der Waals surface area contributed by atoms with Crippen LogP contribution in [0.25, 0.3) is 0 Å². The van der Waals surface area contributed by atoms with Gasteiger partial charge in [-0.1, -0.05) is 25.1 Å². The zero-order valence-electron chi connectivity index (χ0n) is 15.6. The number of nitrogens with one attached hydrogen (secondary N) is 2. The van der Waals surface area contributed by atoms with Gasteiger partial charge in [-0.05, 0) is 43.2 Å². The number of anilines is 1. The highest BCUT2D eigenvalue weighted by Crippen LogP contribution is 2.19. The zero-order valence-corrected chi connectivity index (χ0v) is 15.6. The molecule has 0 radical (unpaired) electrons. The van der Waals surface area contributed by atoms with Crippen molar-refractivity contribution in [3.05, 3.63) is 59.2 Å². The summed E-state index contributed by atoms with van der Waals surface area (Å²) in [6, 6.07) is 11.4. The number of hydrogen-bond donors (Lipinski definition) is 3. The van der Waals surface area contributed by atoms with E-state index >= 15 is 0 Å². The molecule has 2 aromatic rings. The van der Waals surface area contributed by atoms with E-state index in [2.05, 4.69) is 15.8 Å². The van der Waals surface area contributed by atoms with Gasteiger partial charge in [0.1, 0.15) is 5.75 Å². The Hall–Kier alpha value is -3.68. The maximum absolute atomic E-state index is 12.0. The Balaban J connectivity index is 2.07. The van der Waals surface area contributed by atoms with Crippen LogP contribution in [0.3, 0.4) is 0 Å². The second-order valence-corrected chi connectivity index (χ2v) is 5.65. The molecule has 0 aliphatic heterocycles. The van der Waals surface area contributed by atoms with Gasteiger partial charge in [-0.15, -0.1) is 0 Å². The summed E-state index contributed by atoms with van der Waals surface area (Å²) in [5.41, 5.74) is 3.99. The molecule has 146 valence electrons. The Bertz CT molecular complexity index is 908. The minimum atomic E-state index is -1.10. The predicted octanol–water partition coefficient (Wildman–Crippen LogP) is 2.43. The molecule has 0 fully saturated rings. The van der Waals surface area contributed by atoms with E-state index in [1.807, 2.05) is 19.1 Å². The summed E-state index contributed by atoms with van der Waals surface area (Å²) in [6.45, 7) is 4.10. The topological polar surface area (TPSA) is 117 Å². The maximum atomic E-state index is 12.0. The molecule has 0 aromatic heterocycles. The van der Waals surface area contributed by atoms with E-state index in [9.17, 15) is 14.4 Å². The van der Waals surface area contributed by atoms with Crippen molar-refractivity contribution >= 4 is 29.7 Å². The van der Waals surface area contributed by atoms with Crippen LogP contribution >= 0.6 is 0 Å². The molecule has 0 unspecified atom stereocenters. The molecule has 8 nitrogen and oxygen atoms in total. The molecule has 0 spiro atoms. The van der Waals surface area contributed by atoms with E-state index in [1.165, 1.54) is 24.4 Å². The van der Waals surface area contributed by atoms with Gasteiger partial charge in [0.05, 0.1) is 18.4 Å². The van der Waals surface area contributed by atoms with Crippen LogP contribution in [0.4, 0.5) is 5.69 Å². The summed E-state index contributed by atoms with van der Waals surface area (Å²) in [6.07, 6.45) is 1.93. The van der Waals surface area contributed by atoms with Crippen molar-refractivity contribution in [2.45, 2.75) is 20.3 Å². The van der Waals surface area contributed by atoms with E-state index in [0.29, 0.717) is 30.0 Å². The number of para-hydroxylation sites is 1. The van der Waals surface area contributed by atoms with E-state index < -0.39 is 17.8 Å². The van der Waals surface area contributed by atoms with Crippen molar-refractivity contribution in [2.24, 2.45) is 5.10 Å². The van der Waals surface area contributed by atoms with Gasteiger partial charge in [0.25, 0.3) is 0 Å². The van der Waals surface area contributed by atoms with Crippen LogP contribution in [-0.2, 0) is 16.0 Å². The Labute approximate surface area is 162 Å². The largest absolute Gasteiger partial charge is 0.493 e. The van der Waals surface area contributed by atoms with Crippen LogP contribution in [0.2, 0.25) is 0 Å². The second kappa shape index (κ2) is 9.86. The first-order valence-corrected chi connectivity index (χ1v) is 8.68. The number of carbonyl (C=O) groups excluding carboxylic acids is 2. The summed E-state index contributed by atoms with van der Waals surface area (Å²) in [4.78, 5) is 35.1. The first-order chi connectivity index (χ1) is 13.5. The summed E-state index contributed by atoms with van der Waals surface area (Å²) in [5.74, 6) is -2.50. The number of carboxylic acid groups (broad SMARTS) is 1. The van der Waals surface area contributed by atoms with E-state index in [4.69, 9.17) is 9.84 Å². The third-order valence-corrected chi connectivity index (χ3v) is 3.78. The number of aryl methyl sites for hydroxylation is 1. The molecule has 0 aliphatic rings. The average Bonchev–Trinajstić information content (AvgIpc) is 2.69. The van der Waals surface area contributed by atoms with Crippen LogP contribution in [0.15, 0.2) is 47.6 Å². The van der Waals surface area contributed by atoms with Crippen LogP contribution in [0.5, 0.6) is 5.75 Å². The van der Waals surface area contributed by atoms with Gasteiger partial charge in [0, 0.05) is 11.3 Å². The second-order valence-electron chi connectivity index (χ2n) is 5.65. The van der Waals surface area contributed by atoms with E-state index in [1.54, 1.807) is 19.1 Å². The summed E-state index contributed by atoms with van der Waals surface area (Å²) >= 11 is 0. The molecule has 0 saturated carbocycles. The zero-order chi connectivity index (χ0) is 20.5. The average molecular weight is 383 g/mol. The third-order valence-electron chi connectivity index (χ3n) is 3.78. The van der Waals surface area contributed by atoms with Gasteiger partial charge < -0.3 is 15.2 Å². The molecule has 28 heavy (non-hydrogen) atoms. The molecule has 0 aliphatic carbocycles. The highest BCUT2D eigenvalue weighted by Gasteiger charge is 2.14. The number of rotatable bonds is 7. The van der Waals surface area contributed by atoms with E-state index in [-0.39, 0.29) is 5.56 Å². The maximum Gasteiger partial charge on any atom is 0.335 e. The Morgan fingerprint density at radius 2 is 1.86 bits per heavy atom. The van der Waals surface area contributed by atoms with E-state index in [0.717, 1.165) is 5.56 Å². The first-order valence-electron chi connectivity index (χ1n) is 8.68. The summed E-state index contributed by atoms with van der Waals surface area (Å²) in [5, 5.41) is 15.4. The van der Waals surface area contributed by atoms with Gasteiger partial charge in [0.15, 0.2) is 0 Å². The number of aromatic carboxylic acids is 1. The Kier molecular flexibility index (Phi) is 7.27. The van der Waals surface area contributed by atoms with Gasteiger partial charge in [0.2, 0.25) is 0 Å². The van der Waals surface area contributed by atoms with Crippen molar-refractivity contribution in [3.63, 3.8) is 0 Å². The highest BCUT2D eigenvalue weighted by atomic mass is 16.5.